The van der Waals surface area contributed by atoms with Crippen LogP contribution in [0, 0.1) is 10.1 Å². The van der Waals surface area contributed by atoms with Gasteiger partial charge in [0.1, 0.15) is 12.2 Å². The van der Waals surface area contributed by atoms with E-state index in [0.29, 0.717) is 0 Å². The summed E-state index contributed by atoms with van der Waals surface area (Å²) in [5.74, 6) is -1.52. The smallest absolute Gasteiger partial charge is 0.352 e. The lowest BCUT2D eigenvalue weighted by Crippen LogP contribution is -2.34. The van der Waals surface area contributed by atoms with E-state index in [1.807, 2.05) is 0 Å². The summed E-state index contributed by atoms with van der Waals surface area (Å²) in [7, 11) is 0. The number of carbonyl (C=O) groups excluding carboxylic acids is 3. The molecule has 1 aromatic rings. The number of nitro groups is 1. The zero-order chi connectivity index (χ0) is 19.7. The molecule has 1 rings (SSSR count). The average molecular weight is 365 g/mol. The van der Waals surface area contributed by atoms with Gasteiger partial charge in [-0.3, -0.25) is 19.7 Å². The molecule has 0 aliphatic rings. The number of rotatable bonds is 10. The van der Waals surface area contributed by atoms with E-state index in [9.17, 15) is 24.5 Å². The van der Waals surface area contributed by atoms with Gasteiger partial charge in [0, 0.05) is 17.7 Å². The molecule has 0 N–H and O–H groups in total. The summed E-state index contributed by atoms with van der Waals surface area (Å²) in [4.78, 5) is 44.8. The number of nitro benzene ring substituents is 1. The molecule has 0 aliphatic heterocycles. The summed E-state index contributed by atoms with van der Waals surface area (Å²) < 4.78 is 14.8. The SMILES string of the molecule is C=CCOC(=O)CC(C)(C)OC(=O)C(OC=O)c1ccc([N+](=O)[O-])cc1. The Hall–Kier alpha value is -3.23. The minimum Gasteiger partial charge on any atom is -0.461 e. The standard InChI is InChI=1S/C17H19NO8/c1-4-9-24-14(20)10-17(2,3)26-16(21)15(25-11-19)12-5-7-13(8-6-12)18(22)23/h4-8,11,15H,1,9-10H2,2-3H3. The first-order chi connectivity index (χ1) is 12.2. The topological polar surface area (TPSA) is 122 Å². The first kappa shape index (κ1) is 20.8. The van der Waals surface area contributed by atoms with E-state index in [2.05, 4.69) is 6.58 Å². The molecule has 0 bridgehead atoms. The number of hydrogen-bond donors (Lipinski definition) is 0. The van der Waals surface area contributed by atoms with Crippen LogP contribution in [0.4, 0.5) is 5.69 Å². The van der Waals surface area contributed by atoms with Gasteiger partial charge in [-0.15, -0.1) is 0 Å². The number of carbonyl (C=O) groups is 3. The van der Waals surface area contributed by atoms with Crippen LogP contribution in [0.15, 0.2) is 36.9 Å². The van der Waals surface area contributed by atoms with Gasteiger partial charge in [0.15, 0.2) is 0 Å². The molecule has 140 valence electrons. The van der Waals surface area contributed by atoms with E-state index in [1.165, 1.54) is 44.2 Å². The fourth-order valence-corrected chi connectivity index (χ4v) is 2.01. The van der Waals surface area contributed by atoms with Crippen LogP contribution >= 0.6 is 0 Å². The van der Waals surface area contributed by atoms with Crippen molar-refractivity contribution < 1.29 is 33.5 Å². The Morgan fingerprint density at radius 1 is 1.31 bits per heavy atom. The molecule has 0 heterocycles. The lowest BCUT2D eigenvalue weighted by Gasteiger charge is -2.26. The van der Waals surface area contributed by atoms with Gasteiger partial charge in [0.25, 0.3) is 12.2 Å². The van der Waals surface area contributed by atoms with Crippen molar-refractivity contribution in [2.45, 2.75) is 32.0 Å². The normalized spacial score (nSPS) is 11.8. The second kappa shape index (κ2) is 9.30. The third kappa shape index (κ3) is 6.34. The number of nitrogens with zero attached hydrogens (tertiary/aromatic N) is 1. The number of esters is 2. The maximum atomic E-state index is 12.4. The zero-order valence-electron chi connectivity index (χ0n) is 14.4. The van der Waals surface area contributed by atoms with Crippen LogP contribution in [0.5, 0.6) is 0 Å². The number of non-ortho nitro benzene ring substituents is 1. The van der Waals surface area contributed by atoms with E-state index in [0.717, 1.165) is 0 Å². The van der Waals surface area contributed by atoms with Crippen LogP contribution in [0.2, 0.25) is 0 Å². The molecule has 0 spiro atoms. The van der Waals surface area contributed by atoms with E-state index in [1.54, 1.807) is 0 Å². The van der Waals surface area contributed by atoms with Gasteiger partial charge in [-0.25, -0.2) is 4.79 Å². The molecule has 0 saturated carbocycles. The largest absolute Gasteiger partial charge is 0.461 e. The van der Waals surface area contributed by atoms with Gasteiger partial charge >= 0.3 is 11.9 Å². The summed E-state index contributed by atoms with van der Waals surface area (Å²) in [6.45, 7) is 6.50. The number of hydrogen-bond acceptors (Lipinski definition) is 8. The predicted octanol–water partition coefficient (Wildman–Crippen LogP) is 2.25. The van der Waals surface area contributed by atoms with E-state index in [-0.39, 0.29) is 30.8 Å². The monoisotopic (exact) mass is 365 g/mol. The summed E-state index contributed by atoms with van der Waals surface area (Å²) in [6, 6.07) is 4.89. The van der Waals surface area contributed by atoms with Gasteiger partial charge in [0.2, 0.25) is 6.10 Å². The zero-order valence-corrected chi connectivity index (χ0v) is 14.4. The van der Waals surface area contributed by atoms with Gasteiger partial charge in [0.05, 0.1) is 11.3 Å². The highest BCUT2D eigenvalue weighted by molar-refractivity contribution is 5.79. The summed E-state index contributed by atoms with van der Waals surface area (Å²) in [5, 5.41) is 10.7. The Balaban J connectivity index is 2.87. The Bertz CT molecular complexity index is 681. The Morgan fingerprint density at radius 2 is 1.92 bits per heavy atom. The van der Waals surface area contributed by atoms with Crippen LogP contribution < -0.4 is 0 Å². The average Bonchev–Trinajstić information content (AvgIpc) is 2.56. The Morgan fingerprint density at radius 3 is 2.42 bits per heavy atom. The molecule has 0 aliphatic carbocycles. The maximum absolute atomic E-state index is 12.4. The second-order valence-corrected chi connectivity index (χ2v) is 5.79. The second-order valence-electron chi connectivity index (χ2n) is 5.79. The van der Waals surface area contributed by atoms with Crippen molar-refractivity contribution >= 4 is 24.1 Å². The maximum Gasteiger partial charge on any atom is 0.352 e. The highest BCUT2D eigenvalue weighted by atomic mass is 16.6. The molecule has 0 fully saturated rings. The van der Waals surface area contributed by atoms with Crippen molar-refractivity contribution in [1.82, 2.24) is 0 Å². The molecule has 1 atom stereocenters. The van der Waals surface area contributed by atoms with Crippen LogP contribution in [0.1, 0.15) is 31.9 Å². The van der Waals surface area contributed by atoms with Crippen molar-refractivity contribution in [3.8, 4) is 0 Å². The molecule has 1 unspecified atom stereocenters. The van der Waals surface area contributed by atoms with E-state index in [4.69, 9.17) is 14.2 Å². The number of benzene rings is 1. The highest BCUT2D eigenvalue weighted by Gasteiger charge is 2.33. The molecular formula is C17H19NO8. The predicted molar refractivity (Wildman–Crippen MR) is 88.9 cm³/mol. The number of ether oxygens (including phenoxy) is 3. The van der Waals surface area contributed by atoms with Crippen LogP contribution in [-0.4, -0.2) is 35.5 Å². The minimum absolute atomic E-state index is 0.0303. The third-order valence-corrected chi connectivity index (χ3v) is 3.12. The summed E-state index contributed by atoms with van der Waals surface area (Å²) >= 11 is 0. The lowest BCUT2D eigenvalue weighted by atomic mass is 10.0. The van der Waals surface area contributed by atoms with Crippen LogP contribution in [0.25, 0.3) is 0 Å². The molecule has 0 amide bonds. The third-order valence-electron chi connectivity index (χ3n) is 3.12. The van der Waals surface area contributed by atoms with Crippen molar-refractivity contribution in [2.75, 3.05) is 6.61 Å². The lowest BCUT2D eigenvalue weighted by molar-refractivity contribution is -0.384. The van der Waals surface area contributed by atoms with Gasteiger partial charge in [-0.05, 0) is 26.0 Å². The quantitative estimate of drug-likeness (QED) is 0.154. The first-order valence-corrected chi connectivity index (χ1v) is 7.53. The fourth-order valence-electron chi connectivity index (χ4n) is 2.01. The Labute approximate surface area is 149 Å². The molecule has 9 nitrogen and oxygen atoms in total. The van der Waals surface area contributed by atoms with E-state index >= 15 is 0 Å². The first-order valence-electron chi connectivity index (χ1n) is 7.53. The van der Waals surface area contributed by atoms with Crippen molar-refractivity contribution in [2.24, 2.45) is 0 Å². The molecule has 0 aromatic heterocycles. The summed E-state index contributed by atoms with van der Waals surface area (Å²) in [6.07, 6.45) is -0.239. The molecule has 9 heteroatoms. The van der Waals surface area contributed by atoms with Crippen LogP contribution in [0.3, 0.4) is 0 Å². The molecule has 26 heavy (non-hydrogen) atoms. The highest BCUT2D eigenvalue weighted by Crippen LogP contribution is 2.25. The van der Waals surface area contributed by atoms with Crippen molar-refractivity contribution in [1.29, 1.82) is 0 Å². The minimum atomic E-state index is -1.42. The molecule has 1 aromatic carbocycles. The fraction of sp³-hybridized carbons (Fsp3) is 0.353. The molecular weight excluding hydrogens is 346 g/mol. The molecule has 0 radical (unpaired) electrons. The van der Waals surface area contributed by atoms with Crippen LogP contribution in [-0.2, 0) is 28.6 Å². The van der Waals surface area contributed by atoms with Crippen molar-refractivity contribution in [3.63, 3.8) is 0 Å². The molecule has 0 saturated heterocycles. The summed E-state index contributed by atoms with van der Waals surface area (Å²) in [5.41, 5.74) is -1.21. The van der Waals surface area contributed by atoms with E-state index < -0.39 is 28.6 Å². The van der Waals surface area contributed by atoms with Gasteiger partial charge < -0.3 is 14.2 Å². The van der Waals surface area contributed by atoms with Gasteiger partial charge in [-0.1, -0.05) is 12.7 Å². The Kier molecular flexibility index (Phi) is 7.45. The van der Waals surface area contributed by atoms with Crippen molar-refractivity contribution in [3.05, 3.63) is 52.6 Å². The van der Waals surface area contributed by atoms with Gasteiger partial charge in [-0.2, -0.15) is 0 Å².